The molecule has 0 aliphatic heterocycles. The summed E-state index contributed by atoms with van der Waals surface area (Å²) in [4.78, 5) is 21.5. The molecule has 1 N–H and O–H groups in total. The summed E-state index contributed by atoms with van der Waals surface area (Å²) in [7, 11) is 2.01. The molecule has 5 nitrogen and oxygen atoms in total. The highest BCUT2D eigenvalue weighted by Gasteiger charge is 2.38. The summed E-state index contributed by atoms with van der Waals surface area (Å²) in [6.07, 6.45) is 8.83. The van der Waals surface area contributed by atoms with Gasteiger partial charge in [-0.2, -0.15) is 0 Å². The molecule has 1 aromatic rings. The Kier molecular flexibility index (Phi) is 4.47. The summed E-state index contributed by atoms with van der Waals surface area (Å²) < 4.78 is 0. The molecule has 104 valence electrons. The summed E-state index contributed by atoms with van der Waals surface area (Å²) in [5.74, 6) is -0.712. The molecule has 19 heavy (non-hydrogen) atoms. The summed E-state index contributed by atoms with van der Waals surface area (Å²) in [5.41, 5.74) is 0.725. The van der Waals surface area contributed by atoms with Gasteiger partial charge < -0.3 is 5.11 Å². The average Bonchev–Trinajstić information content (AvgIpc) is 2.40. The van der Waals surface area contributed by atoms with Gasteiger partial charge in [-0.05, 0) is 26.0 Å². The van der Waals surface area contributed by atoms with E-state index >= 15 is 0 Å². The molecule has 0 amide bonds. The van der Waals surface area contributed by atoms with Crippen molar-refractivity contribution in [3.05, 3.63) is 24.3 Å². The lowest BCUT2D eigenvalue weighted by molar-refractivity contribution is -0.141. The summed E-state index contributed by atoms with van der Waals surface area (Å²) in [5, 5.41) is 9.19. The highest BCUT2D eigenvalue weighted by atomic mass is 16.4. The number of nitrogens with zero attached hydrogens (tertiary/aromatic N) is 3. The maximum absolute atomic E-state index is 11.2. The fourth-order valence-corrected chi connectivity index (χ4v) is 3.01. The molecule has 1 heterocycles. The second-order valence-electron chi connectivity index (χ2n) is 5.41. The van der Waals surface area contributed by atoms with Crippen LogP contribution in [0.15, 0.2) is 18.6 Å². The second-order valence-corrected chi connectivity index (χ2v) is 5.41. The molecule has 2 rings (SSSR count). The molecule has 1 aliphatic rings. The van der Waals surface area contributed by atoms with Crippen molar-refractivity contribution < 1.29 is 9.90 Å². The zero-order valence-electron chi connectivity index (χ0n) is 11.4. The van der Waals surface area contributed by atoms with Crippen LogP contribution in [0.1, 0.15) is 44.2 Å². The van der Waals surface area contributed by atoms with Crippen molar-refractivity contribution >= 4 is 5.97 Å². The van der Waals surface area contributed by atoms with Gasteiger partial charge in [0.15, 0.2) is 0 Å². The number of aromatic nitrogens is 2. The van der Waals surface area contributed by atoms with E-state index in [9.17, 15) is 9.90 Å². The van der Waals surface area contributed by atoms with Gasteiger partial charge in [-0.3, -0.25) is 9.69 Å². The summed E-state index contributed by atoms with van der Waals surface area (Å²) in [6.45, 7) is 0.676. The van der Waals surface area contributed by atoms with Crippen molar-refractivity contribution in [3.8, 4) is 0 Å². The average molecular weight is 263 g/mol. The van der Waals surface area contributed by atoms with Crippen LogP contribution in [0, 0.1) is 0 Å². The van der Waals surface area contributed by atoms with Gasteiger partial charge in [-0.25, -0.2) is 9.97 Å². The fourth-order valence-electron chi connectivity index (χ4n) is 3.01. The Morgan fingerprint density at radius 2 is 2.16 bits per heavy atom. The first-order chi connectivity index (χ1) is 9.12. The highest BCUT2D eigenvalue weighted by molar-refractivity contribution is 5.68. The molecule has 0 bridgehead atoms. The van der Waals surface area contributed by atoms with Crippen molar-refractivity contribution in [2.45, 2.75) is 50.6 Å². The molecular formula is C14H21N3O2. The Morgan fingerprint density at radius 3 is 2.74 bits per heavy atom. The van der Waals surface area contributed by atoms with Crippen molar-refractivity contribution in [1.82, 2.24) is 14.9 Å². The smallest absolute Gasteiger partial charge is 0.305 e. The Labute approximate surface area is 113 Å². The third kappa shape index (κ3) is 3.50. The number of carbonyl (C=O) groups is 1. The molecule has 0 saturated heterocycles. The minimum Gasteiger partial charge on any atom is -0.481 e. The van der Waals surface area contributed by atoms with Gasteiger partial charge in [0, 0.05) is 18.3 Å². The van der Waals surface area contributed by atoms with Gasteiger partial charge in [0.2, 0.25) is 0 Å². The molecule has 1 aromatic heterocycles. The van der Waals surface area contributed by atoms with Crippen LogP contribution in [-0.2, 0) is 11.3 Å². The van der Waals surface area contributed by atoms with E-state index in [1.54, 1.807) is 6.20 Å². The minimum absolute atomic E-state index is 0.213. The Balaban J connectivity index is 2.11. The number of carboxylic acid groups (broad SMARTS) is 1. The predicted octanol–water partition coefficient (Wildman–Crippen LogP) is 2.09. The van der Waals surface area contributed by atoms with Crippen LogP contribution >= 0.6 is 0 Å². The lowest BCUT2D eigenvalue weighted by Gasteiger charge is -2.43. The molecule has 0 atom stereocenters. The van der Waals surface area contributed by atoms with E-state index in [-0.39, 0.29) is 12.0 Å². The largest absolute Gasteiger partial charge is 0.481 e. The van der Waals surface area contributed by atoms with Gasteiger partial charge in [0.25, 0.3) is 0 Å². The van der Waals surface area contributed by atoms with E-state index in [2.05, 4.69) is 14.9 Å². The first kappa shape index (κ1) is 13.9. The Hall–Kier alpha value is -1.49. The molecule has 1 fully saturated rings. The maximum Gasteiger partial charge on any atom is 0.305 e. The molecule has 0 aromatic carbocycles. The van der Waals surface area contributed by atoms with Crippen molar-refractivity contribution in [2.75, 3.05) is 7.05 Å². The van der Waals surface area contributed by atoms with Crippen molar-refractivity contribution in [2.24, 2.45) is 0 Å². The number of hydrogen-bond acceptors (Lipinski definition) is 4. The van der Waals surface area contributed by atoms with Crippen LogP contribution < -0.4 is 0 Å². The summed E-state index contributed by atoms with van der Waals surface area (Å²) in [6, 6.07) is 1.88. The molecule has 0 spiro atoms. The molecule has 0 unspecified atom stereocenters. The molecule has 0 radical (unpaired) electrons. The van der Waals surface area contributed by atoms with Gasteiger partial charge in [0.05, 0.1) is 12.1 Å². The third-order valence-electron chi connectivity index (χ3n) is 4.12. The molecular weight excluding hydrogens is 242 g/mol. The molecule has 1 aliphatic carbocycles. The lowest BCUT2D eigenvalue weighted by atomic mass is 9.78. The van der Waals surface area contributed by atoms with Gasteiger partial charge in [-0.15, -0.1) is 0 Å². The fraction of sp³-hybridized carbons (Fsp3) is 0.643. The Morgan fingerprint density at radius 1 is 1.42 bits per heavy atom. The standard InChI is InChI=1S/C14H21N3O2/c1-17(10-12-5-8-15-11-16-12)14(9-13(18)19)6-3-2-4-7-14/h5,8,11H,2-4,6-7,9-10H2,1H3,(H,18,19). The summed E-state index contributed by atoms with van der Waals surface area (Å²) >= 11 is 0. The van der Waals surface area contributed by atoms with E-state index in [0.717, 1.165) is 31.4 Å². The normalized spacial score (nSPS) is 18.4. The molecule has 1 saturated carbocycles. The quantitative estimate of drug-likeness (QED) is 0.881. The Bertz CT molecular complexity index is 416. The SMILES string of the molecule is CN(Cc1ccncn1)C1(CC(=O)O)CCCCC1. The van der Waals surface area contributed by atoms with E-state index in [1.807, 2.05) is 13.1 Å². The van der Waals surface area contributed by atoms with Crippen LogP contribution in [0.3, 0.4) is 0 Å². The third-order valence-corrected chi connectivity index (χ3v) is 4.12. The zero-order valence-corrected chi connectivity index (χ0v) is 11.4. The number of rotatable bonds is 5. The van der Waals surface area contributed by atoms with E-state index in [4.69, 9.17) is 0 Å². The molecule has 5 heteroatoms. The lowest BCUT2D eigenvalue weighted by Crippen LogP contribution is -2.49. The maximum atomic E-state index is 11.2. The number of carboxylic acids is 1. The van der Waals surface area contributed by atoms with E-state index in [0.29, 0.717) is 6.54 Å². The van der Waals surface area contributed by atoms with Crippen molar-refractivity contribution in [3.63, 3.8) is 0 Å². The predicted molar refractivity (Wildman–Crippen MR) is 71.6 cm³/mol. The number of aliphatic carboxylic acids is 1. The van der Waals surface area contributed by atoms with Crippen LogP contribution in [0.2, 0.25) is 0 Å². The van der Waals surface area contributed by atoms with Gasteiger partial charge >= 0.3 is 5.97 Å². The van der Waals surface area contributed by atoms with Crippen LogP contribution in [0.5, 0.6) is 0 Å². The second kappa shape index (κ2) is 6.10. The van der Waals surface area contributed by atoms with Crippen molar-refractivity contribution in [1.29, 1.82) is 0 Å². The van der Waals surface area contributed by atoms with Crippen LogP contribution in [0.4, 0.5) is 0 Å². The van der Waals surface area contributed by atoms with Gasteiger partial charge in [-0.1, -0.05) is 19.3 Å². The number of hydrogen-bond donors (Lipinski definition) is 1. The zero-order chi connectivity index (χ0) is 13.7. The minimum atomic E-state index is -0.712. The van der Waals surface area contributed by atoms with Crippen LogP contribution in [-0.4, -0.2) is 38.5 Å². The highest BCUT2D eigenvalue weighted by Crippen LogP contribution is 2.36. The topological polar surface area (TPSA) is 66.3 Å². The van der Waals surface area contributed by atoms with E-state index in [1.165, 1.54) is 12.7 Å². The first-order valence-electron chi connectivity index (χ1n) is 6.80. The van der Waals surface area contributed by atoms with Crippen LogP contribution in [0.25, 0.3) is 0 Å². The first-order valence-corrected chi connectivity index (χ1v) is 6.80. The van der Waals surface area contributed by atoms with Gasteiger partial charge in [0.1, 0.15) is 6.33 Å². The monoisotopic (exact) mass is 263 g/mol. The van der Waals surface area contributed by atoms with E-state index < -0.39 is 5.97 Å².